The van der Waals surface area contributed by atoms with Crippen LogP contribution in [0.3, 0.4) is 0 Å². The highest BCUT2D eigenvalue weighted by Gasteiger charge is 2.20. The highest BCUT2D eigenvalue weighted by Crippen LogP contribution is 2.33. The summed E-state index contributed by atoms with van der Waals surface area (Å²) in [6.45, 7) is 6.07. The minimum Gasteiger partial charge on any atom is -0.450 e. The van der Waals surface area contributed by atoms with E-state index in [9.17, 15) is 0 Å². The average molecular weight is 266 g/mol. The first-order valence-electron chi connectivity index (χ1n) is 5.66. The van der Waals surface area contributed by atoms with Crippen LogP contribution in [0.25, 0.3) is 0 Å². The van der Waals surface area contributed by atoms with Crippen molar-refractivity contribution in [1.29, 1.82) is 0 Å². The molecule has 1 heterocycles. The molecule has 0 atom stereocenters. The normalized spacial score (nSPS) is 11.6. The quantitative estimate of drug-likeness (QED) is 0.901. The van der Waals surface area contributed by atoms with Gasteiger partial charge in [-0.2, -0.15) is 5.10 Å². The van der Waals surface area contributed by atoms with Crippen LogP contribution in [-0.4, -0.2) is 9.78 Å². The molecule has 0 aliphatic carbocycles. The Morgan fingerprint density at radius 1 is 1.22 bits per heavy atom. The topological polar surface area (TPSA) is 53.1 Å². The molecule has 5 heteroatoms. The highest BCUT2D eigenvalue weighted by molar-refractivity contribution is 6.32. The lowest BCUT2D eigenvalue weighted by Gasteiger charge is -2.20. The van der Waals surface area contributed by atoms with Crippen LogP contribution >= 0.6 is 11.6 Å². The van der Waals surface area contributed by atoms with E-state index in [4.69, 9.17) is 22.1 Å². The molecule has 2 aromatic rings. The molecule has 0 aliphatic heterocycles. The Balaban J connectivity index is 2.32. The van der Waals surface area contributed by atoms with E-state index in [1.54, 1.807) is 23.0 Å². The molecule has 0 fully saturated rings. The monoisotopic (exact) mass is 265 g/mol. The van der Waals surface area contributed by atoms with Crippen molar-refractivity contribution in [3.63, 3.8) is 0 Å². The van der Waals surface area contributed by atoms with Crippen molar-refractivity contribution in [2.45, 2.75) is 26.3 Å². The first kappa shape index (κ1) is 12.8. The van der Waals surface area contributed by atoms with Gasteiger partial charge in [0.05, 0.1) is 16.8 Å². The molecule has 0 saturated heterocycles. The van der Waals surface area contributed by atoms with Gasteiger partial charge in [-0.15, -0.1) is 0 Å². The molecule has 1 aromatic heterocycles. The molecule has 0 bridgehead atoms. The van der Waals surface area contributed by atoms with Crippen LogP contribution < -0.4 is 10.5 Å². The van der Waals surface area contributed by atoms with Crippen LogP contribution in [0.2, 0.25) is 5.02 Å². The lowest BCUT2D eigenvalue weighted by atomic mass is 10.1. The smallest absolute Gasteiger partial charge is 0.189 e. The third kappa shape index (κ3) is 2.43. The standard InChI is InChI=1S/C13H16ClN3O/c1-13(2,3)17-12(15)11(8-16-17)18-10-7-5-4-6-9(10)14/h4-8H,15H2,1-3H3. The van der Waals surface area contributed by atoms with Crippen molar-refractivity contribution in [2.75, 3.05) is 5.73 Å². The highest BCUT2D eigenvalue weighted by atomic mass is 35.5. The predicted octanol–water partition coefficient (Wildman–Crippen LogP) is 3.67. The van der Waals surface area contributed by atoms with Crippen LogP contribution in [0.5, 0.6) is 11.5 Å². The van der Waals surface area contributed by atoms with Crippen LogP contribution in [0.4, 0.5) is 5.82 Å². The third-order valence-electron chi connectivity index (χ3n) is 2.46. The number of aromatic nitrogens is 2. The molecule has 0 spiro atoms. The van der Waals surface area contributed by atoms with E-state index in [1.807, 2.05) is 32.9 Å². The minimum atomic E-state index is -0.188. The van der Waals surface area contributed by atoms with E-state index >= 15 is 0 Å². The molecule has 2 rings (SSSR count). The van der Waals surface area contributed by atoms with Crippen molar-refractivity contribution < 1.29 is 4.74 Å². The molecule has 4 nitrogen and oxygen atoms in total. The Bertz CT molecular complexity index is 558. The SMILES string of the molecule is CC(C)(C)n1ncc(Oc2ccccc2Cl)c1N. The van der Waals surface area contributed by atoms with Gasteiger partial charge >= 0.3 is 0 Å². The molecular formula is C13H16ClN3O. The fourth-order valence-electron chi connectivity index (χ4n) is 1.60. The zero-order chi connectivity index (χ0) is 13.3. The molecule has 2 N–H and O–H groups in total. The van der Waals surface area contributed by atoms with E-state index < -0.39 is 0 Å². The second-order valence-corrected chi connectivity index (χ2v) is 5.42. The molecule has 0 unspecified atom stereocenters. The van der Waals surface area contributed by atoms with Crippen LogP contribution in [-0.2, 0) is 5.54 Å². The molecule has 0 saturated carbocycles. The summed E-state index contributed by atoms with van der Waals surface area (Å²) in [7, 11) is 0. The Hall–Kier alpha value is -1.68. The summed E-state index contributed by atoms with van der Waals surface area (Å²) in [4.78, 5) is 0. The van der Waals surface area contributed by atoms with E-state index in [0.717, 1.165) is 0 Å². The summed E-state index contributed by atoms with van der Waals surface area (Å²) in [5, 5.41) is 4.78. The number of nitrogen functional groups attached to an aromatic ring is 1. The summed E-state index contributed by atoms with van der Waals surface area (Å²) in [5.41, 5.74) is 5.83. The first-order valence-corrected chi connectivity index (χ1v) is 6.04. The third-order valence-corrected chi connectivity index (χ3v) is 2.78. The minimum absolute atomic E-state index is 0.188. The number of para-hydroxylation sites is 1. The Labute approximate surface area is 111 Å². The van der Waals surface area contributed by atoms with Gasteiger partial charge in [0.2, 0.25) is 0 Å². The van der Waals surface area contributed by atoms with Crippen molar-refractivity contribution >= 4 is 17.4 Å². The van der Waals surface area contributed by atoms with Gasteiger partial charge in [0.1, 0.15) is 5.75 Å². The fraction of sp³-hybridized carbons (Fsp3) is 0.308. The number of anilines is 1. The first-order chi connectivity index (χ1) is 8.39. The zero-order valence-corrected chi connectivity index (χ0v) is 11.4. The number of hydrogen-bond donors (Lipinski definition) is 1. The maximum absolute atomic E-state index is 6.03. The lowest BCUT2D eigenvalue weighted by molar-refractivity contribution is 0.360. The van der Waals surface area contributed by atoms with E-state index in [1.165, 1.54) is 0 Å². The molecular weight excluding hydrogens is 250 g/mol. The molecule has 18 heavy (non-hydrogen) atoms. The van der Waals surface area contributed by atoms with Gasteiger partial charge in [0.25, 0.3) is 0 Å². The zero-order valence-electron chi connectivity index (χ0n) is 10.6. The lowest BCUT2D eigenvalue weighted by Crippen LogP contribution is -2.24. The fourth-order valence-corrected chi connectivity index (χ4v) is 1.78. The molecule has 1 aromatic carbocycles. The maximum Gasteiger partial charge on any atom is 0.189 e. The van der Waals surface area contributed by atoms with Gasteiger partial charge in [-0.05, 0) is 32.9 Å². The molecule has 0 aliphatic rings. The molecule has 0 amide bonds. The van der Waals surface area contributed by atoms with Gasteiger partial charge in [-0.1, -0.05) is 23.7 Å². The summed E-state index contributed by atoms with van der Waals surface area (Å²) in [5.74, 6) is 1.57. The van der Waals surface area contributed by atoms with Crippen LogP contribution in [0.1, 0.15) is 20.8 Å². The van der Waals surface area contributed by atoms with E-state index in [0.29, 0.717) is 22.3 Å². The number of benzene rings is 1. The Kier molecular flexibility index (Phi) is 3.22. The number of rotatable bonds is 2. The van der Waals surface area contributed by atoms with Crippen LogP contribution in [0.15, 0.2) is 30.5 Å². The van der Waals surface area contributed by atoms with Gasteiger partial charge in [-0.25, -0.2) is 4.68 Å². The van der Waals surface area contributed by atoms with Gasteiger partial charge in [0, 0.05) is 0 Å². The van der Waals surface area contributed by atoms with Crippen molar-refractivity contribution in [1.82, 2.24) is 9.78 Å². The summed E-state index contributed by atoms with van der Waals surface area (Å²) < 4.78 is 7.40. The summed E-state index contributed by atoms with van der Waals surface area (Å²) in [6, 6.07) is 7.25. The second-order valence-electron chi connectivity index (χ2n) is 5.01. The molecule has 0 radical (unpaired) electrons. The number of hydrogen-bond acceptors (Lipinski definition) is 3. The molecule has 96 valence electrons. The number of nitrogens with zero attached hydrogens (tertiary/aromatic N) is 2. The Morgan fingerprint density at radius 2 is 1.89 bits per heavy atom. The van der Waals surface area contributed by atoms with Gasteiger partial charge < -0.3 is 10.5 Å². The van der Waals surface area contributed by atoms with Gasteiger partial charge in [-0.3, -0.25) is 0 Å². The van der Waals surface area contributed by atoms with Crippen molar-refractivity contribution in [2.24, 2.45) is 0 Å². The van der Waals surface area contributed by atoms with Crippen molar-refractivity contribution in [3.05, 3.63) is 35.5 Å². The predicted molar refractivity (Wildman–Crippen MR) is 73.2 cm³/mol. The second kappa shape index (κ2) is 4.53. The number of nitrogens with two attached hydrogens (primary N) is 1. The Morgan fingerprint density at radius 3 is 2.44 bits per heavy atom. The van der Waals surface area contributed by atoms with E-state index in [2.05, 4.69) is 5.10 Å². The van der Waals surface area contributed by atoms with E-state index in [-0.39, 0.29) is 5.54 Å². The maximum atomic E-state index is 6.03. The summed E-state index contributed by atoms with van der Waals surface area (Å²) in [6.07, 6.45) is 1.60. The van der Waals surface area contributed by atoms with Gasteiger partial charge in [0.15, 0.2) is 11.6 Å². The van der Waals surface area contributed by atoms with Crippen molar-refractivity contribution in [3.8, 4) is 11.5 Å². The summed E-state index contributed by atoms with van der Waals surface area (Å²) >= 11 is 6.03. The average Bonchev–Trinajstić information content (AvgIpc) is 2.63. The van der Waals surface area contributed by atoms with Crippen LogP contribution in [0, 0.1) is 0 Å². The number of ether oxygens (including phenoxy) is 1. The largest absolute Gasteiger partial charge is 0.450 e. The number of halogens is 1.